The summed E-state index contributed by atoms with van der Waals surface area (Å²) in [5, 5.41) is 7.56. The Hall–Kier alpha value is -3.14. The minimum absolute atomic E-state index is 0.113. The van der Waals surface area contributed by atoms with Crippen LogP contribution in [0, 0.1) is 20.8 Å². The fraction of sp³-hybridized carbons (Fsp3) is 0.182. The van der Waals surface area contributed by atoms with Gasteiger partial charge in [0.25, 0.3) is 0 Å². The van der Waals surface area contributed by atoms with Crippen LogP contribution in [-0.2, 0) is 11.3 Å². The van der Waals surface area contributed by atoms with Crippen molar-refractivity contribution in [1.82, 2.24) is 15.1 Å². The van der Waals surface area contributed by atoms with E-state index in [1.807, 2.05) is 86.1 Å². The second kappa shape index (κ2) is 7.83. The SMILES string of the molecule is Cc1cccc(/C=C/C(=O)NCc2c(C)nn(-c3ccccc3)c2C)c1. The van der Waals surface area contributed by atoms with Gasteiger partial charge in [0.15, 0.2) is 0 Å². The molecule has 4 heteroatoms. The van der Waals surface area contributed by atoms with Gasteiger partial charge in [0.2, 0.25) is 5.91 Å². The Morgan fingerprint density at radius 1 is 1.08 bits per heavy atom. The number of rotatable bonds is 5. The Kier molecular flexibility index (Phi) is 5.32. The Morgan fingerprint density at radius 3 is 2.58 bits per heavy atom. The van der Waals surface area contributed by atoms with Crippen LogP contribution in [0.3, 0.4) is 0 Å². The molecule has 0 saturated carbocycles. The molecule has 1 amide bonds. The number of amides is 1. The van der Waals surface area contributed by atoms with Crippen molar-refractivity contribution in [2.75, 3.05) is 0 Å². The smallest absolute Gasteiger partial charge is 0.244 e. The molecule has 1 aromatic heterocycles. The second-order valence-electron chi connectivity index (χ2n) is 6.36. The molecule has 1 heterocycles. The van der Waals surface area contributed by atoms with Crippen LogP contribution in [0.5, 0.6) is 0 Å². The van der Waals surface area contributed by atoms with E-state index in [0.29, 0.717) is 6.54 Å². The highest BCUT2D eigenvalue weighted by Gasteiger charge is 2.12. The Balaban J connectivity index is 1.68. The summed E-state index contributed by atoms with van der Waals surface area (Å²) < 4.78 is 1.92. The predicted octanol–water partition coefficient (Wildman–Crippen LogP) is 4.13. The van der Waals surface area contributed by atoms with E-state index in [-0.39, 0.29) is 5.91 Å². The van der Waals surface area contributed by atoms with E-state index in [4.69, 9.17) is 0 Å². The maximum Gasteiger partial charge on any atom is 0.244 e. The van der Waals surface area contributed by atoms with Gasteiger partial charge < -0.3 is 5.32 Å². The minimum Gasteiger partial charge on any atom is -0.348 e. The van der Waals surface area contributed by atoms with Crippen molar-refractivity contribution in [1.29, 1.82) is 0 Å². The number of carbonyl (C=O) groups is 1. The average Bonchev–Trinajstić information content (AvgIpc) is 2.93. The number of aryl methyl sites for hydroxylation is 2. The van der Waals surface area contributed by atoms with Gasteiger partial charge in [0.1, 0.15) is 0 Å². The van der Waals surface area contributed by atoms with E-state index in [1.165, 1.54) is 5.56 Å². The number of nitrogens with zero attached hydrogens (tertiary/aromatic N) is 2. The summed E-state index contributed by atoms with van der Waals surface area (Å²) in [6.45, 7) is 6.49. The summed E-state index contributed by atoms with van der Waals surface area (Å²) in [6, 6.07) is 18.0. The Bertz CT molecular complexity index is 939. The van der Waals surface area contributed by atoms with Crippen LogP contribution in [0.25, 0.3) is 11.8 Å². The number of benzene rings is 2. The fourth-order valence-electron chi connectivity index (χ4n) is 2.93. The molecule has 0 atom stereocenters. The zero-order valence-electron chi connectivity index (χ0n) is 15.4. The van der Waals surface area contributed by atoms with Gasteiger partial charge in [-0.1, -0.05) is 48.0 Å². The lowest BCUT2D eigenvalue weighted by atomic mass is 10.1. The summed E-state index contributed by atoms with van der Waals surface area (Å²) in [5.74, 6) is -0.113. The number of nitrogens with one attached hydrogen (secondary N) is 1. The first-order valence-electron chi connectivity index (χ1n) is 8.67. The minimum atomic E-state index is -0.113. The van der Waals surface area contributed by atoms with Crippen molar-refractivity contribution in [3.05, 3.63) is 88.8 Å². The van der Waals surface area contributed by atoms with Crippen molar-refractivity contribution in [2.45, 2.75) is 27.3 Å². The normalized spacial score (nSPS) is 11.0. The van der Waals surface area contributed by atoms with Crippen LogP contribution < -0.4 is 5.32 Å². The Labute approximate surface area is 154 Å². The standard InChI is InChI=1S/C22H23N3O/c1-16-8-7-9-19(14-16)12-13-22(26)23-15-21-17(2)24-25(18(21)3)20-10-5-4-6-11-20/h4-14H,15H2,1-3H3,(H,23,26)/b13-12+. The van der Waals surface area contributed by atoms with Crippen molar-refractivity contribution in [2.24, 2.45) is 0 Å². The van der Waals surface area contributed by atoms with Crippen molar-refractivity contribution in [3.8, 4) is 5.69 Å². The summed E-state index contributed by atoms with van der Waals surface area (Å²) in [4.78, 5) is 12.1. The predicted molar refractivity (Wildman–Crippen MR) is 105 cm³/mol. The maximum atomic E-state index is 12.1. The molecule has 26 heavy (non-hydrogen) atoms. The summed E-state index contributed by atoms with van der Waals surface area (Å²) in [7, 11) is 0. The van der Waals surface area contributed by atoms with Gasteiger partial charge in [-0.15, -0.1) is 0 Å². The van der Waals surface area contributed by atoms with Crippen molar-refractivity contribution in [3.63, 3.8) is 0 Å². The zero-order chi connectivity index (χ0) is 18.5. The first-order valence-corrected chi connectivity index (χ1v) is 8.67. The van der Waals surface area contributed by atoms with E-state index >= 15 is 0 Å². The van der Waals surface area contributed by atoms with Crippen LogP contribution >= 0.6 is 0 Å². The number of hydrogen-bond donors (Lipinski definition) is 1. The molecule has 0 bridgehead atoms. The second-order valence-corrected chi connectivity index (χ2v) is 6.36. The van der Waals surface area contributed by atoms with E-state index < -0.39 is 0 Å². The van der Waals surface area contributed by atoms with E-state index in [2.05, 4.69) is 10.4 Å². The van der Waals surface area contributed by atoms with Crippen molar-refractivity contribution >= 4 is 12.0 Å². The van der Waals surface area contributed by atoms with Gasteiger partial charge in [-0.2, -0.15) is 5.10 Å². The van der Waals surface area contributed by atoms with Crippen LogP contribution in [0.1, 0.15) is 28.1 Å². The monoisotopic (exact) mass is 345 g/mol. The molecule has 0 unspecified atom stereocenters. The molecule has 132 valence electrons. The summed E-state index contributed by atoms with van der Waals surface area (Å²) in [6.07, 6.45) is 3.40. The highest BCUT2D eigenvalue weighted by molar-refractivity contribution is 5.91. The topological polar surface area (TPSA) is 46.9 Å². The molecule has 0 radical (unpaired) electrons. The lowest BCUT2D eigenvalue weighted by molar-refractivity contribution is -0.116. The van der Waals surface area contributed by atoms with E-state index in [9.17, 15) is 4.79 Å². The average molecular weight is 345 g/mol. The molecule has 0 aliphatic heterocycles. The van der Waals surface area contributed by atoms with Gasteiger partial charge in [-0.25, -0.2) is 4.68 Å². The third-order valence-electron chi connectivity index (χ3n) is 4.35. The lowest BCUT2D eigenvalue weighted by Gasteiger charge is -2.06. The molecular weight excluding hydrogens is 322 g/mol. The van der Waals surface area contributed by atoms with Gasteiger partial charge in [-0.3, -0.25) is 4.79 Å². The first-order chi connectivity index (χ1) is 12.5. The zero-order valence-corrected chi connectivity index (χ0v) is 15.4. The number of hydrogen-bond acceptors (Lipinski definition) is 2. The molecule has 0 fully saturated rings. The molecular formula is C22H23N3O. The first kappa shape index (κ1) is 17.7. The van der Waals surface area contributed by atoms with E-state index in [1.54, 1.807) is 6.08 Å². The lowest BCUT2D eigenvalue weighted by Crippen LogP contribution is -2.21. The summed E-state index contributed by atoms with van der Waals surface area (Å²) in [5.41, 5.74) is 6.22. The number of aromatic nitrogens is 2. The van der Waals surface area contributed by atoms with Gasteiger partial charge in [-0.05, 0) is 44.5 Å². The van der Waals surface area contributed by atoms with Gasteiger partial charge in [0, 0.05) is 23.9 Å². The highest BCUT2D eigenvalue weighted by atomic mass is 16.1. The molecule has 3 rings (SSSR count). The molecule has 0 spiro atoms. The molecule has 3 aromatic rings. The number of carbonyl (C=O) groups excluding carboxylic acids is 1. The van der Waals surface area contributed by atoms with Crippen molar-refractivity contribution < 1.29 is 4.79 Å². The van der Waals surface area contributed by atoms with Gasteiger partial charge >= 0.3 is 0 Å². The molecule has 2 aromatic carbocycles. The Morgan fingerprint density at radius 2 is 1.85 bits per heavy atom. The largest absolute Gasteiger partial charge is 0.348 e. The molecule has 0 aliphatic rings. The van der Waals surface area contributed by atoms with Crippen LogP contribution in [0.4, 0.5) is 0 Å². The third-order valence-corrected chi connectivity index (χ3v) is 4.35. The molecule has 1 N–H and O–H groups in total. The molecule has 4 nitrogen and oxygen atoms in total. The van der Waals surface area contributed by atoms with Crippen LogP contribution in [0.15, 0.2) is 60.7 Å². The highest BCUT2D eigenvalue weighted by Crippen LogP contribution is 2.17. The number of para-hydroxylation sites is 1. The quantitative estimate of drug-likeness (QED) is 0.707. The van der Waals surface area contributed by atoms with Crippen LogP contribution in [0.2, 0.25) is 0 Å². The van der Waals surface area contributed by atoms with E-state index in [0.717, 1.165) is 28.2 Å². The molecule has 0 saturated heterocycles. The van der Waals surface area contributed by atoms with Crippen LogP contribution in [-0.4, -0.2) is 15.7 Å². The third kappa shape index (κ3) is 4.09. The summed E-state index contributed by atoms with van der Waals surface area (Å²) >= 11 is 0. The fourth-order valence-corrected chi connectivity index (χ4v) is 2.93. The van der Waals surface area contributed by atoms with Gasteiger partial charge in [0.05, 0.1) is 11.4 Å². The maximum absolute atomic E-state index is 12.1. The molecule has 0 aliphatic carbocycles.